The number of nitrogens with zero attached hydrogens (tertiary/aromatic N) is 1. The van der Waals surface area contributed by atoms with Crippen LogP contribution in [0.2, 0.25) is 0 Å². The molecule has 124 valence electrons. The minimum Gasteiger partial charge on any atom is -0.493 e. The number of hydrogen-bond acceptors (Lipinski definition) is 5. The second kappa shape index (κ2) is 8.86. The minimum absolute atomic E-state index is 0.685. The summed E-state index contributed by atoms with van der Waals surface area (Å²) < 4.78 is 16.3. The van der Waals surface area contributed by atoms with E-state index in [-0.39, 0.29) is 0 Å². The first kappa shape index (κ1) is 16.9. The van der Waals surface area contributed by atoms with Gasteiger partial charge in [-0.15, -0.1) is 0 Å². The maximum atomic E-state index is 5.53. The van der Waals surface area contributed by atoms with Crippen molar-refractivity contribution in [2.45, 2.75) is 19.3 Å². The zero-order chi connectivity index (χ0) is 15.8. The van der Waals surface area contributed by atoms with Crippen LogP contribution < -0.4 is 19.5 Å². The molecule has 0 saturated carbocycles. The second-order valence-electron chi connectivity index (χ2n) is 5.54. The lowest BCUT2D eigenvalue weighted by atomic mass is 10.1. The maximum absolute atomic E-state index is 5.53. The lowest BCUT2D eigenvalue weighted by Crippen LogP contribution is -2.43. The molecule has 1 aliphatic heterocycles. The van der Waals surface area contributed by atoms with Crippen molar-refractivity contribution < 1.29 is 14.2 Å². The van der Waals surface area contributed by atoms with Crippen LogP contribution in [-0.2, 0) is 6.42 Å². The van der Waals surface area contributed by atoms with Crippen LogP contribution in [0.1, 0.15) is 18.4 Å². The molecule has 1 saturated heterocycles. The number of benzene rings is 1. The molecule has 1 heterocycles. The molecule has 2 rings (SSSR count). The van der Waals surface area contributed by atoms with Crippen molar-refractivity contribution in [1.29, 1.82) is 0 Å². The fourth-order valence-corrected chi connectivity index (χ4v) is 2.95. The lowest BCUT2D eigenvalue weighted by molar-refractivity contribution is 0.236. The summed E-state index contributed by atoms with van der Waals surface area (Å²) in [6.45, 7) is 5.74. The van der Waals surface area contributed by atoms with Crippen LogP contribution in [0.3, 0.4) is 0 Å². The van der Waals surface area contributed by atoms with Crippen LogP contribution in [0, 0.1) is 0 Å². The van der Waals surface area contributed by atoms with Gasteiger partial charge in [0, 0.05) is 26.2 Å². The van der Waals surface area contributed by atoms with Crippen LogP contribution in [-0.4, -0.2) is 59.0 Å². The molecule has 1 N–H and O–H groups in total. The predicted octanol–water partition coefficient (Wildman–Crippen LogP) is 1.94. The van der Waals surface area contributed by atoms with Crippen molar-refractivity contribution >= 4 is 0 Å². The van der Waals surface area contributed by atoms with Gasteiger partial charge < -0.3 is 24.4 Å². The second-order valence-corrected chi connectivity index (χ2v) is 5.54. The van der Waals surface area contributed by atoms with Gasteiger partial charge >= 0.3 is 0 Å². The largest absolute Gasteiger partial charge is 0.493 e. The number of piperazine rings is 1. The molecule has 1 fully saturated rings. The van der Waals surface area contributed by atoms with E-state index in [1.165, 1.54) is 31.6 Å². The molecule has 5 heteroatoms. The van der Waals surface area contributed by atoms with Gasteiger partial charge in [-0.25, -0.2) is 0 Å². The Bertz CT molecular complexity index is 459. The average molecular weight is 308 g/mol. The van der Waals surface area contributed by atoms with Gasteiger partial charge in [-0.05, 0) is 37.4 Å². The van der Waals surface area contributed by atoms with Crippen LogP contribution in [0.15, 0.2) is 12.1 Å². The van der Waals surface area contributed by atoms with E-state index in [9.17, 15) is 0 Å². The topological polar surface area (TPSA) is 43.0 Å². The van der Waals surface area contributed by atoms with Crippen LogP contribution in [0.25, 0.3) is 0 Å². The van der Waals surface area contributed by atoms with E-state index in [1.54, 1.807) is 21.3 Å². The number of rotatable bonds is 8. The van der Waals surface area contributed by atoms with Gasteiger partial charge in [-0.2, -0.15) is 0 Å². The third-order valence-electron chi connectivity index (χ3n) is 4.17. The lowest BCUT2D eigenvalue weighted by Gasteiger charge is -2.27. The molecule has 1 aromatic carbocycles. The summed E-state index contributed by atoms with van der Waals surface area (Å²) in [5, 5.41) is 3.39. The zero-order valence-electron chi connectivity index (χ0n) is 14.0. The number of unbranched alkanes of at least 4 members (excludes halogenated alkanes) is 1. The first-order chi connectivity index (χ1) is 10.8. The van der Waals surface area contributed by atoms with Crippen LogP contribution in [0.5, 0.6) is 17.2 Å². The normalized spacial score (nSPS) is 15.6. The Balaban J connectivity index is 1.89. The highest BCUT2D eigenvalue weighted by molar-refractivity contribution is 5.55. The molecule has 0 unspecified atom stereocenters. The summed E-state index contributed by atoms with van der Waals surface area (Å²) in [5.74, 6) is 2.19. The van der Waals surface area contributed by atoms with E-state index < -0.39 is 0 Å². The summed E-state index contributed by atoms with van der Waals surface area (Å²) in [6.07, 6.45) is 3.35. The molecule has 0 atom stereocenters. The third kappa shape index (κ3) is 4.27. The Hall–Kier alpha value is -1.46. The van der Waals surface area contributed by atoms with Crippen LogP contribution >= 0.6 is 0 Å². The van der Waals surface area contributed by atoms with Gasteiger partial charge in [0.1, 0.15) is 0 Å². The number of methoxy groups -OCH3 is 3. The van der Waals surface area contributed by atoms with E-state index in [0.717, 1.165) is 31.7 Å². The smallest absolute Gasteiger partial charge is 0.203 e. The first-order valence-corrected chi connectivity index (χ1v) is 8.01. The minimum atomic E-state index is 0.685. The number of ether oxygens (including phenoxy) is 3. The molecule has 0 bridgehead atoms. The van der Waals surface area contributed by atoms with E-state index in [0.29, 0.717) is 11.5 Å². The fourth-order valence-electron chi connectivity index (χ4n) is 2.95. The van der Waals surface area contributed by atoms with Crippen molar-refractivity contribution in [1.82, 2.24) is 10.2 Å². The zero-order valence-corrected chi connectivity index (χ0v) is 14.0. The summed E-state index contributed by atoms with van der Waals surface area (Å²) in [4.78, 5) is 2.53. The van der Waals surface area contributed by atoms with E-state index in [2.05, 4.69) is 16.3 Å². The molecule has 1 aliphatic rings. The quantitative estimate of drug-likeness (QED) is 0.744. The Kier molecular flexibility index (Phi) is 6.80. The number of hydrogen-bond donors (Lipinski definition) is 1. The van der Waals surface area contributed by atoms with Gasteiger partial charge in [0.2, 0.25) is 5.75 Å². The SMILES string of the molecule is COc1ccc(CCCCN2CCNCC2)c(OC)c1OC. The molecule has 0 aromatic heterocycles. The standard InChI is InChI=1S/C17H28N2O3/c1-20-15-8-7-14(16(21-2)17(15)22-3)6-4-5-11-19-12-9-18-10-13-19/h7-8,18H,4-6,9-13H2,1-3H3. The van der Waals surface area contributed by atoms with Gasteiger partial charge in [0.15, 0.2) is 11.5 Å². The van der Waals surface area contributed by atoms with E-state index in [1.807, 2.05) is 6.07 Å². The highest BCUT2D eigenvalue weighted by Gasteiger charge is 2.15. The highest BCUT2D eigenvalue weighted by atomic mass is 16.5. The summed E-state index contributed by atoms with van der Waals surface area (Å²) in [7, 11) is 4.97. The van der Waals surface area contributed by atoms with Crippen molar-refractivity contribution in [3.05, 3.63) is 17.7 Å². The molecule has 5 nitrogen and oxygen atoms in total. The molecule has 22 heavy (non-hydrogen) atoms. The average Bonchev–Trinajstić information content (AvgIpc) is 2.58. The molecular formula is C17H28N2O3. The van der Waals surface area contributed by atoms with Gasteiger partial charge in [-0.1, -0.05) is 6.07 Å². The Morgan fingerprint density at radius 3 is 2.32 bits per heavy atom. The summed E-state index contributed by atoms with van der Waals surface area (Å²) in [5.41, 5.74) is 1.18. The number of aryl methyl sites for hydroxylation is 1. The molecular weight excluding hydrogens is 280 g/mol. The highest BCUT2D eigenvalue weighted by Crippen LogP contribution is 2.40. The summed E-state index contributed by atoms with van der Waals surface area (Å²) >= 11 is 0. The molecule has 0 radical (unpaired) electrons. The van der Waals surface area contributed by atoms with Crippen LogP contribution in [0.4, 0.5) is 0 Å². The Labute approximate surface area is 133 Å². The predicted molar refractivity (Wildman–Crippen MR) is 88.3 cm³/mol. The number of nitrogens with one attached hydrogen (secondary N) is 1. The van der Waals surface area contributed by atoms with E-state index >= 15 is 0 Å². The van der Waals surface area contributed by atoms with Crippen molar-refractivity contribution in [2.24, 2.45) is 0 Å². The van der Waals surface area contributed by atoms with Gasteiger partial charge in [-0.3, -0.25) is 0 Å². The monoisotopic (exact) mass is 308 g/mol. The summed E-state index contributed by atoms with van der Waals surface area (Å²) in [6, 6.07) is 4.03. The van der Waals surface area contributed by atoms with Gasteiger partial charge in [0.05, 0.1) is 21.3 Å². The Morgan fingerprint density at radius 2 is 1.68 bits per heavy atom. The first-order valence-electron chi connectivity index (χ1n) is 8.01. The van der Waals surface area contributed by atoms with Gasteiger partial charge in [0.25, 0.3) is 0 Å². The Morgan fingerprint density at radius 1 is 0.955 bits per heavy atom. The maximum Gasteiger partial charge on any atom is 0.203 e. The molecule has 0 spiro atoms. The third-order valence-corrected chi connectivity index (χ3v) is 4.17. The molecule has 0 amide bonds. The van der Waals surface area contributed by atoms with Crippen molar-refractivity contribution in [2.75, 3.05) is 54.1 Å². The molecule has 0 aliphatic carbocycles. The molecule has 1 aromatic rings. The van der Waals surface area contributed by atoms with Crippen molar-refractivity contribution in [3.63, 3.8) is 0 Å². The fraction of sp³-hybridized carbons (Fsp3) is 0.647. The van der Waals surface area contributed by atoms with E-state index in [4.69, 9.17) is 14.2 Å². The van der Waals surface area contributed by atoms with Crippen molar-refractivity contribution in [3.8, 4) is 17.2 Å².